The number of hydrogen-bond donors (Lipinski definition) is 0. The first kappa shape index (κ1) is 22.3. The highest BCUT2D eigenvalue weighted by Crippen LogP contribution is 2.38. The largest absolute Gasteiger partial charge is 0.294 e. The van der Waals surface area contributed by atoms with Crippen molar-refractivity contribution in [1.82, 2.24) is 18.5 Å². The Kier molecular flexibility index (Phi) is 4.30. The first-order chi connectivity index (χ1) is 20.8. The summed E-state index contributed by atoms with van der Waals surface area (Å²) < 4.78 is 9.50. The Labute approximate surface area is 243 Å². The highest BCUT2D eigenvalue weighted by Gasteiger charge is 2.18. The molecule has 0 aliphatic carbocycles. The average molecular weight is 555 g/mol. The fraction of sp³-hybridized carbons (Fsp3) is 0. The molecular formula is C37H22N4S. The average Bonchev–Trinajstić information content (AvgIpc) is 3.77. The lowest BCUT2D eigenvalue weighted by molar-refractivity contribution is 1.10. The van der Waals surface area contributed by atoms with Crippen molar-refractivity contribution in [2.24, 2.45) is 0 Å². The second-order valence-corrected chi connectivity index (χ2v) is 12.0. The summed E-state index contributed by atoms with van der Waals surface area (Å²) in [6.45, 7) is 0. The van der Waals surface area contributed by atoms with Crippen molar-refractivity contribution in [2.75, 3.05) is 0 Å². The summed E-state index contributed by atoms with van der Waals surface area (Å²) in [7, 11) is 0. The van der Waals surface area contributed by atoms with Crippen molar-refractivity contribution in [3.8, 4) is 11.5 Å². The number of thiophene rings is 1. The molecule has 42 heavy (non-hydrogen) atoms. The summed E-state index contributed by atoms with van der Waals surface area (Å²) in [5.74, 6) is 0.941. The van der Waals surface area contributed by atoms with Crippen LogP contribution in [0.5, 0.6) is 0 Å². The number of fused-ring (bicyclic) bond motifs is 11. The van der Waals surface area contributed by atoms with Gasteiger partial charge in [-0.3, -0.25) is 13.5 Å². The lowest BCUT2D eigenvalue weighted by Crippen LogP contribution is -1.97. The second kappa shape index (κ2) is 8.09. The second-order valence-electron chi connectivity index (χ2n) is 10.9. The zero-order chi connectivity index (χ0) is 27.4. The Morgan fingerprint density at radius 3 is 1.90 bits per heavy atom. The van der Waals surface area contributed by atoms with E-state index in [4.69, 9.17) is 4.98 Å². The van der Waals surface area contributed by atoms with Gasteiger partial charge in [-0.2, -0.15) is 0 Å². The topological polar surface area (TPSA) is 27.2 Å². The molecule has 5 aromatic heterocycles. The highest BCUT2D eigenvalue weighted by molar-refractivity contribution is 7.25. The van der Waals surface area contributed by atoms with Crippen LogP contribution in [0.3, 0.4) is 0 Å². The number of nitrogens with zero attached hydrogens (tertiary/aromatic N) is 4. The molecule has 10 aromatic rings. The lowest BCUT2D eigenvalue weighted by Gasteiger charge is -2.08. The van der Waals surface area contributed by atoms with Crippen molar-refractivity contribution in [3.63, 3.8) is 0 Å². The van der Waals surface area contributed by atoms with Crippen LogP contribution in [-0.4, -0.2) is 18.5 Å². The Bertz CT molecular complexity index is 2650. The van der Waals surface area contributed by atoms with Gasteiger partial charge in [0.2, 0.25) is 0 Å². The Hall–Kier alpha value is -5.39. The number of aromatic nitrogens is 4. The summed E-state index contributed by atoms with van der Waals surface area (Å²) in [4.78, 5) is 5.35. The maximum absolute atomic E-state index is 5.35. The van der Waals surface area contributed by atoms with Crippen molar-refractivity contribution in [3.05, 3.63) is 133 Å². The van der Waals surface area contributed by atoms with Gasteiger partial charge in [-0.05, 0) is 66.7 Å². The Morgan fingerprint density at radius 1 is 0.476 bits per heavy atom. The van der Waals surface area contributed by atoms with Crippen LogP contribution in [0.4, 0.5) is 0 Å². The zero-order valence-corrected chi connectivity index (χ0v) is 23.2. The number of hydrogen-bond acceptors (Lipinski definition) is 2. The third-order valence-electron chi connectivity index (χ3n) is 8.63. The van der Waals surface area contributed by atoms with Gasteiger partial charge in [-0.15, -0.1) is 11.3 Å². The number of imidazole rings is 1. The standard InChI is InChI=1S/C37H22N4S/c1-4-12-28-23(9-1)21-36-39(31-15-7-8-16-32(31)41(28)36)24-17-18-33-27(22-24)37-34(42-33)19-20-35(38-37)40-29-13-5-2-10-25(29)26-11-3-6-14-30(26)40/h1-22H. The van der Waals surface area contributed by atoms with Crippen LogP contribution >= 0.6 is 11.3 Å². The molecule has 0 fully saturated rings. The van der Waals surface area contributed by atoms with Crippen LogP contribution in [-0.2, 0) is 0 Å². The van der Waals surface area contributed by atoms with Crippen molar-refractivity contribution < 1.29 is 0 Å². The molecule has 0 atom stereocenters. The normalized spacial score (nSPS) is 12.3. The third-order valence-corrected chi connectivity index (χ3v) is 9.76. The van der Waals surface area contributed by atoms with E-state index in [1.165, 1.54) is 58.5 Å². The van der Waals surface area contributed by atoms with Crippen LogP contribution in [0.15, 0.2) is 133 Å². The van der Waals surface area contributed by atoms with E-state index < -0.39 is 0 Å². The molecule has 0 N–H and O–H groups in total. The SMILES string of the molecule is c1ccc2c(c1)cc1n(-c3ccc4sc5ccc(-n6c7ccccc7c7ccccc76)nc5c4c3)c3ccccc3n21. The molecule has 0 amide bonds. The van der Waals surface area contributed by atoms with Crippen LogP contribution in [0, 0.1) is 0 Å². The van der Waals surface area contributed by atoms with Gasteiger partial charge in [-0.1, -0.05) is 66.7 Å². The molecular weight excluding hydrogens is 533 g/mol. The van der Waals surface area contributed by atoms with Gasteiger partial charge in [0.1, 0.15) is 11.5 Å². The van der Waals surface area contributed by atoms with E-state index in [0.29, 0.717) is 0 Å². The summed E-state index contributed by atoms with van der Waals surface area (Å²) in [6.07, 6.45) is 0. The van der Waals surface area contributed by atoms with Gasteiger partial charge < -0.3 is 0 Å². The number of pyridine rings is 1. The summed E-state index contributed by atoms with van der Waals surface area (Å²) in [6, 6.07) is 48.0. The molecule has 0 aliphatic rings. The Balaban J connectivity index is 1.25. The van der Waals surface area contributed by atoms with E-state index in [1.54, 1.807) is 11.3 Å². The molecule has 0 bridgehead atoms. The van der Waals surface area contributed by atoms with E-state index in [0.717, 1.165) is 22.7 Å². The monoisotopic (exact) mass is 554 g/mol. The molecule has 5 heterocycles. The van der Waals surface area contributed by atoms with E-state index >= 15 is 0 Å². The lowest BCUT2D eigenvalue weighted by atomic mass is 10.2. The summed E-state index contributed by atoms with van der Waals surface area (Å²) in [5.41, 5.74) is 9.31. The molecule has 0 unspecified atom stereocenters. The molecule has 196 valence electrons. The van der Waals surface area contributed by atoms with Gasteiger partial charge >= 0.3 is 0 Å². The molecule has 0 spiro atoms. The van der Waals surface area contributed by atoms with Gasteiger partial charge in [0, 0.05) is 31.9 Å². The van der Waals surface area contributed by atoms with E-state index in [2.05, 4.69) is 147 Å². The zero-order valence-electron chi connectivity index (χ0n) is 22.4. The summed E-state index contributed by atoms with van der Waals surface area (Å²) >= 11 is 1.81. The molecule has 10 rings (SSSR count). The number of para-hydroxylation sites is 5. The van der Waals surface area contributed by atoms with Crippen LogP contribution in [0.25, 0.3) is 81.2 Å². The predicted octanol–water partition coefficient (Wildman–Crippen LogP) is 9.90. The van der Waals surface area contributed by atoms with Gasteiger partial charge in [0.25, 0.3) is 0 Å². The number of benzene rings is 5. The quantitative estimate of drug-likeness (QED) is 0.209. The van der Waals surface area contributed by atoms with Crippen molar-refractivity contribution in [1.29, 1.82) is 0 Å². The minimum atomic E-state index is 0.941. The van der Waals surface area contributed by atoms with Crippen LogP contribution in [0.1, 0.15) is 0 Å². The minimum absolute atomic E-state index is 0.941. The van der Waals surface area contributed by atoms with E-state index in [9.17, 15) is 0 Å². The van der Waals surface area contributed by atoms with Crippen LogP contribution < -0.4 is 0 Å². The Morgan fingerprint density at radius 2 is 1.12 bits per heavy atom. The molecule has 5 heteroatoms. The highest BCUT2D eigenvalue weighted by atomic mass is 32.1. The van der Waals surface area contributed by atoms with E-state index in [-0.39, 0.29) is 0 Å². The summed E-state index contributed by atoms with van der Waals surface area (Å²) in [5, 5.41) is 4.92. The first-order valence-corrected chi connectivity index (χ1v) is 15.0. The van der Waals surface area contributed by atoms with Gasteiger partial charge in [0.05, 0.1) is 37.8 Å². The maximum atomic E-state index is 5.35. The third kappa shape index (κ3) is 2.88. The molecule has 5 aromatic carbocycles. The van der Waals surface area contributed by atoms with Crippen molar-refractivity contribution in [2.45, 2.75) is 0 Å². The first-order valence-electron chi connectivity index (χ1n) is 14.2. The van der Waals surface area contributed by atoms with Gasteiger partial charge in [-0.25, -0.2) is 4.98 Å². The fourth-order valence-electron chi connectivity index (χ4n) is 6.85. The van der Waals surface area contributed by atoms with Crippen molar-refractivity contribution >= 4 is 81.0 Å². The maximum Gasteiger partial charge on any atom is 0.138 e. The number of rotatable bonds is 2. The molecule has 0 aliphatic heterocycles. The molecule has 0 saturated carbocycles. The minimum Gasteiger partial charge on any atom is -0.294 e. The molecule has 0 saturated heterocycles. The molecule has 0 radical (unpaired) electrons. The smallest absolute Gasteiger partial charge is 0.138 e. The fourth-order valence-corrected chi connectivity index (χ4v) is 7.88. The predicted molar refractivity (Wildman–Crippen MR) is 177 cm³/mol. The molecule has 4 nitrogen and oxygen atoms in total. The van der Waals surface area contributed by atoms with Gasteiger partial charge in [0.15, 0.2) is 0 Å². The van der Waals surface area contributed by atoms with E-state index in [1.807, 2.05) is 0 Å². The van der Waals surface area contributed by atoms with Crippen LogP contribution in [0.2, 0.25) is 0 Å².